The Morgan fingerprint density at radius 1 is 1.24 bits per heavy atom. The van der Waals surface area contributed by atoms with Gasteiger partial charge in [0.05, 0.1) is 11.4 Å². The number of rotatable bonds is 6. The second-order valence-corrected chi connectivity index (χ2v) is 7.33. The summed E-state index contributed by atoms with van der Waals surface area (Å²) in [7, 11) is -3.59. The van der Waals surface area contributed by atoms with Crippen molar-refractivity contribution in [3.8, 4) is 0 Å². The summed E-state index contributed by atoms with van der Waals surface area (Å²) in [5.41, 5.74) is 2.04. The van der Waals surface area contributed by atoms with Crippen LogP contribution in [0.3, 0.4) is 0 Å². The van der Waals surface area contributed by atoms with E-state index in [2.05, 4.69) is 15.0 Å². The summed E-state index contributed by atoms with van der Waals surface area (Å²) in [6.45, 7) is 7.00. The Balaban J connectivity index is 2.28. The fourth-order valence-electron chi connectivity index (χ4n) is 1.93. The SMILES string of the molecule is CCNCc1sccc1S(=O)(=O)Nc1ccc(C)nc1C. The molecule has 0 bridgehead atoms. The number of nitrogens with zero attached hydrogens (tertiary/aromatic N) is 1. The molecule has 114 valence electrons. The van der Waals surface area contributed by atoms with Crippen LogP contribution in [0, 0.1) is 13.8 Å². The van der Waals surface area contributed by atoms with Crippen molar-refractivity contribution in [1.82, 2.24) is 10.3 Å². The number of sulfonamides is 1. The Morgan fingerprint density at radius 3 is 2.67 bits per heavy atom. The predicted octanol–water partition coefficient (Wildman–Crippen LogP) is 2.67. The molecule has 0 saturated heterocycles. The quantitative estimate of drug-likeness (QED) is 0.856. The van der Waals surface area contributed by atoms with Gasteiger partial charge in [-0.15, -0.1) is 11.3 Å². The van der Waals surface area contributed by atoms with E-state index >= 15 is 0 Å². The summed E-state index contributed by atoms with van der Waals surface area (Å²) < 4.78 is 27.7. The van der Waals surface area contributed by atoms with Crippen molar-refractivity contribution < 1.29 is 8.42 Å². The molecule has 0 spiro atoms. The van der Waals surface area contributed by atoms with Gasteiger partial charge in [-0.2, -0.15) is 0 Å². The van der Waals surface area contributed by atoms with E-state index in [0.29, 0.717) is 22.8 Å². The van der Waals surface area contributed by atoms with Crippen molar-refractivity contribution in [2.24, 2.45) is 0 Å². The molecule has 5 nitrogen and oxygen atoms in total. The van der Waals surface area contributed by atoms with Crippen molar-refractivity contribution in [1.29, 1.82) is 0 Å². The lowest BCUT2D eigenvalue weighted by atomic mass is 10.3. The predicted molar refractivity (Wildman–Crippen MR) is 86.2 cm³/mol. The van der Waals surface area contributed by atoms with Gasteiger partial charge in [-0.25, -0.2) is 8.42 Å². The molecule has 0 saturated carbocycles. The fraction of sp³-hybridized carbons (Fsp3) is 0.357. The molecule has 2 aromatic rings. The fourth-order valence-corrected chi connectivity index (χ4v) is 4.46. The van der Waals surface area contributed by atoms with Crippen LogP contribution in [-0.4, -0.2) is 19.9 Å². The van der Waals surface area contributed by atoms with Crippen LogP contribution in [0.4, 0.5) is 5.69 Å². The van der Waals surface area contributed by atoms with Gasteiger partial charge in [0.1, 0.15) is 4.90 Å². The summed E-state index contributed by atoms with van der Waals surface area (Å²) in [4.78, 5) is 5.41. The van der Waals surface area contributed by atoms with Crippen molar-refractivity contribution in [3.63, 3.8) is 0 Å². The topological polar surface area (TPSA) is 71.1 Å². The molecule has 0 aliphatic carbocycles. The standard InChI is InChI=1S/C14H19N3O2S2/c1-4-15-9-13-14(7-8-20-13)21(18,19)17-12-6-5-10(2)16-11(12)3/h5-8,15,17H,4,9H2,1-3H3. The lowest BCUT2D eigenvalue weighted by Crippen LogP contribution is -2.18. The number of nitrogens with one attached hydrogen (secondary N) is 2. The molecule has 0 amide bonds. The molecule has 7 heteroatoms. The van der Waals surface area contributed by atoms with E-state index in [4.69, 9.17) is 0 Å². The first-order valence-electron chi connectivity index (χ1n) is 6.68. The van der Waals surface area contributed by atoms with Gasteiger partial charge in [-0.1, -0.05) is 6.92 Å². The minimum absolute atomic E-state index is 0.327. The summed E-state index contributed by atoms with van der Waals surface area (Å²) in [6, 6.07) is 5.17. The van der Waals surface area contributed by atoms with Crippen molar-refractivity contribution in [3.05, 3.63) is 39.8 Å². The molecular formula is C14H19N3O2S2. The molecule has 2 aromatic heterocycles. The van der Waals surface area contributed by atoms with Crippen LogP contribution in [0.2, 0.25) is 0 Å². The first-order valence-corrected chi connectivity index (χ1v) is 9.04. The second-order valence-electron chi connectivity index (χ2n) is 4.68. The van der Waals surface area contributed by atoms with E-state index < -0.39 is 10.0 Å². The van der Waals surface area contributed by atoms with Gasteiger partial charge in [0.25, 0.3) is 10.0 Å². The van der Waals surface area contributed by atoms with E-state index in [1.807, 2.05) is 13.8 Å². The molecule has 2 N–H and O–H groups in total. The van der Waals surface area contributed by atoms with Crippen LogP contribution in [0.25, 0.3) is 0 Å². The molecular weight excluding hydrogens is 306 g/mol. The Hall–Kier alpha value is -1.44. The number of aromatic nitrogens is 1. The third-order valence-corrected chi connectivity index (χ3v) is 5.50. The highest BCUT2D eigenvalue weighted by molar-refractivity contribution is 7.93. The van der Waals surface area contributed by atoms with Gasteiger partial charge >= 0.3 is 0 Å². The number of aryl methyl sites for hydroxylation is 2. The molecule has 0 fully saturated rings. The summed E-state index contributed by atoms with van der Waals surface area (Å²) in [5.74, 6) is 0. The normalized spacial score (nSPS) is 11.6. The van der Waals surface area contributed by atoms with Crippen LogP contribution in [0.15, 0.2) is 28.5 Å². The van der Waals surface area contributed by atoms with Gasteiger partial charge in [0.15, 0.2) is 0 Å². The van der Waals surface area contributed by atoms with E-state index in [9.17, 15) is 8.42 Å². The number of hydrogen-bond donors (Lipinski definition) is 2. The summed E-state index contributed by atoms with van der Waals surface area (Å²) in [5, 5.41) is 4.94. The average Bonchev–Trinajstić information content (AvgIpc) is 2.89. The van der Waals surface area contributed by atoms with Gasteiger partial charge in [0, 0.05) is 17.1 Å². The minimum atomic E-state index is -3.59. The third kappa shape index (κ3) is 3.81. The number of anilines is 1. The Morgan fingerprint density at radius 2 is 2.00 bits per heavy atom. The minimum Gasteiger partial charge on any atom is -0.312 e. The van der Waals surface area contributed by atoms with Crippen molar-refractivity contribution >= 4 is 27.0 Å². The lowest BCUT2D eigenvalue weighted by molar-refractivity contribution is 0.599. The zero-order chi connectivity index (χ0) is 15.5. The summed E-state index contributed by atoms with van der Waals surface area (Å²) in [6.07, 6.45) is 0. The maximum Gasteiger partial charge on any atom is 0.263 e. The van der Waals surface area contributed by atoms with Gasteiger partial charge < -0.3 is 5.32 Å². The smallest absolute Gasteiger partial charge is 0.263 e. The largest absolute Gasteiger partial charge is 0.312 e. The molecule has 0 atom stereocenters. The zero-order valence-corrected chi connectivity index (χ0v) is 13.9. The monoisotopic (exact) mass is 325 g/mol. The summed E-state index contributed by atoms with van der Waals surface area (Å²) >= 11 is 1.44. The van der Waals surface area contributed by atoms with Gasteiger partial charge in [0.2, 0.25) is 0 Å². The first-order chi connectivity index (χ1) is 9.94. The molecule has 0 radical (unpaired) electrons. The molecule has 0 unspecified atom stereocenters. The van der Waals surface area contributed by atoms with Crippen LogP contribution in [0.1, 0.15) is 23.2 Å². The van der Waals surface area contributed by atoms with E-state index in [1.165, 1.54) is 11.3 Å². The van der Waals surface area contributed by atoms with Crippen molar-refractivity contribution in [2.75, 3.05) is 11.3 Å². The first kappa shape index (κ1) is 15.9. The number of thiophene rings is 1. The molecule has 21 heavy (non-hydrogen) atoms. The molecule has 2 heterocycles. The van der Waals surface area contributed by atoms with Crippen LogP contribution in [-0.2, 0) is 16.6 Å². The Labute approximate surface area is 129 Å². The number of pyridine rings is 1. The Kier molecular flexibility index (Phi) is 4.97. The zero-order valence-electron chi connectivity index (χ0n) is 12.3. The van der Waals surface area contributed by atoms with E-state index in [-0.39, 0.29) is 0 Å². The highest BCUT2D eigenvalue weighted by atomic mass is 32.2. The average molecular weight is 325 g/mol. The number of hydrogen-bond acceptors (Lipinski definition) is 5. The molecule has 0 aliphatic rings. The lowest BCUT2D eigenvalue weighted by Gasteiger charge is -2.11. The van der Waals surface area contributed by atoms with Crippen molar-refractivity contribution in [2.45, 2.75) is 32.2 Å². The van der Waals surface area contributed by atoms with Crippen LogP contribution in [0.5, 0.6) is 0 Å². The second kappa shape index (κ2) is 6.55. The van der Waals surface area contributed by atoms with Gasteiger partial charge in [-0.3, -0.25) is 9.71 Å². The van der Waals surface area contributed by atoms with E-state index in [0.717, 1.165) is 17.1 Å². The highest BCUT2D eigenvalue weighted by Crippen LogP contribution is 2.25. The highest BCUT2D eigenvalue weighted by Gasteiger charge is 2.20. The van der Waals surface area contributed by atoms with Gasteiger partial charge in [-0.05, 0) is 44.0 Å². The Bertz CT molecular complexity index is 724. The molecule has 2 rings (SSSR count). The maximum atomic E-state index is 12.5. The molecule has 0 aromatic carbocycles. The van der Waals surface area contributed by atoms with Crippen LogP contribution < -0.4 is 10.0 Å². The van der Waals surface area contributed by atoms with Crippen LogP contribution >= 0.6 is 11.3 Å². The maximum absolute atomic E-state index is 12.5. The molecule has 0 aliphatic heterocycles. The van der Waals surface area contributed by atoms with E-state index in [1.54, 1.807) is 30.5 Å². The third-order valence-electron chi connectivity index (χ3n) is 3.00.